The number of carbonyl (C=O) groups is 2. The third kappa shape index (κ3) is 4.62. The van der Waals surface area contributed by atoms with Gasteiger partial charge in [-0.15, -0.1) is 0 Å². The number of carbonyl (C=O) groups excluding carboxylic acids is 2. The summed E-state index contributed by atoms with van der Waals surface area (Å²) in [4.78, 5) is 23.8. The standard InChI is InChI=1S/C18H26N2O5S/c1-5-20(6-2)26(23,24)14-8-7-12(3)16(10-14)19-17(21)11-25-18(22)15-9-13(15)4/h7-8,10,13,15H,5-6,9,11H2,1-4H3,(H,19,21)/t13-,15-/m0/s1. The van der Waals surface area contributed by atoms with Gasteiger partial charge in [0.1, 0.15) is 0 Å². The van der Waals surface area contributed by atoms with Crippen molar-refractivity contribution in [2.45, 2.75) is 39.0 Å². The monoisotopic (exact) mass is 382 g/mol. The van der Waals surface area contributed by atoms with Crippen molar-refractivity contribution in [1.29, 1.82) is 0 Å². The van der Waals surface area contributed by atoms with E-state index in [1.54, 1.807) is 26.8 Å². The molecule has 7 nitrogen and oxygen atoms in total. The second-order valence-corrected chi connectivity index (χ2v) is 8.48. The zero-order chi connectivity index (χ0) is 19.5. The summed E-state index contributed by atoms with van der Waals surface area (Å²) in [6, 6.07) is 4.60. The van der Waals surface area contributed by atoms with Crippen molar-refractivity contribution >= 4 is 27.6 Å². The van der Waals surface area contributed by atoms with Gasteiger partial charge in [-0.1, -0.05) is 26.8 Å². The predicted molar refractivity (Wildman–Crippen MR) is 98.1 cm³/mol. The van der Waals surface area contributed by atoms with Crippen LogP contribution in [0, 0.1) is 18.8 Å². The number of rotatable bonds is 8. The van der Waals surface area contributed by atoms with Crippen molar-refractivity contribution in [2.75, 3.05) is 25.0 Å². The molecule has 1 fully saturated rings. The van der Waals surface area contributed by atoms with Gasteiger partial charge in [0, 0.05) is 18.8 Å². The average molecular weight is 382 g/mol. The molecule has 1 saturated carbocycles. The molecule has 8 heteroatoms. The molecule has 0 spiro atoms. The highest BCUT2D eigenvalue weighted by Crippen LogP contribution is 2.38. The molecule has 0 radical (unpaired) electrons. The third-order valence-corrected chi connectivity index (χ3v) is 6.63. The van der Waals surface area contributed by atoms with E-state index in [2.05, 4.69) is 5.32 Å². The van der Waals surface area contributed by atoms with Crippen LogP contribution < -0.4 is 5.32 Å². The van der Waals surface area contributed by atoms with Gasteiger partial charge in [-0.25, -0.2) is 8.42 Å². The lowest BCUT2D eigenvalue weighted by Gasteiger charge is -2.19. The topological polar surface area (TPSA) is 92.8 Å². The van der Waals surface area contributed by atoms with Gasteiger partial charge in [0.25, 0.3) is 5.91 Å². The van der Waals surface area contributed by atoms with Gasteiger partial charge in [0.2, 0.25) is 10.0 Å². The second kappa shape index (κ2) is 8.18. The van der Waals surface area contributed by atoms with Crippen LogP contribution in [0.2, 0.25) is 0 Å². The van der Waals surface area contributed by atoms with E-state index in [1.165, 1.54) is 16.4 Å². The first-order valence-corrected chi connectivity index (χ1v) is 10.2. The van der Waals surface area contributed by atoms with Crippen LogP contribution in [-0.2, 0) is 24.3 Å². The maximum atomic E-state index is 12.6. The Kier molecular flexibility index (Phi) is 6.41. The molecule has 144 valence electrons. The molecular weight excluding hydrogens is 356 g/mol. The summed E-state index contributed by atoms with van der Waals surface area (Å²) in [6.45, 7) is 7.61. The molecular formula is C18H26N2O5S. The van der Waals surface area contributed by atoms with E-state index < -0.39 is 15.9 Å². The average Bonchev–Trinajstić information content (AvgIpc) is 3.32. The molecule has 2 rings (SSSR count). The summed E-state index contributed by atoms with van der Waals surface area (Å²) in [5.41, 5.74) is 1.11. The normalized spacial score (nSPS) is 19.3. The zero-order valence-electron chi connectivity index (χ0n) is 15.6. The molecule has 0 bridgehead atoms. The Morgan fingerprint density at radius 3 is 2.42 bits per heavy atom. The van der Waals surface area contributed by atoms with Crippen LogP contribution in [0.15, 0.2) is 23.1 Å². The summed E-state index contributed by atoms with van der Waals surface area (Å²) in [6.07, 6.45) is 0.796. The Labute approximate surface area is 154 Å². The van der Waals surface area contributed by atoms with E-state index in [4.69, 9.17) is 4.74 Å². The lowest BCUT2D eigenvalue weighted by atomic mass is 10.2. The van der Waals surface area contributed by atoms with Crippen molar-refractivity contribution in [3.63, 3.8) is 0 Å². The molecule has 1 aliphatic carbocycles. The van der Waals surface area contributed by atoms with Crippen LogP contribution in [-0.4, -0.2) is 44.3 Å². The molecule has 1 aromatic rings. The van der Waals surface area contributed by atoms with Gasteiger partial charge in [-0.3, -0.25) is 9.59 Å². The van der Waals surface area contributed by atoms with E-state index in [-0.39, 0.29) is 23.4 Å². The smallest absolute Gasteiger partial charge is 0.309 e. The van der Waals surface area contributed by atoms with Gasteiger partial charge in [0.05, 0.1) is 10.8 Å². The van der Waals surface area contributed by atoms with Crippen molar-refractivity contribution in [3.8, 4) is 0 Å². The van der Waals surface area contributed by atoms with E-state index >= 15 is 0 Å². The third-order valence-electron chi connectivity index (χ3n) is 4.58. The lowest BCUT2D eigenvalue weighted by molar-refractivity contribution is -0.148. The first-order chi connectivity index (χ1) is 12.2. The fourth-order valence-electron chi connectivity index (χ4n) is 2.69. The van der Waals surface area contributed by atoms with Crippen LogP contribution in [0.4, 0.5) is 5.69 Å². The highest BCUT2D eigenvalue weighted by Gasteiger charge is 2.40. The van der Waals surface area contributed by atoms with Gasteiger partial charge < -0.3 is 10.1 Å². The molecule has 0 saturated heterocycles. The van der Waals surface area contributed by atoms with E-state index in [0.29, 0.717) is 24.7 Å². The summed E-state index contributed by atoms with van der Waals surface area (Å²) < 4.78 is 31.6. The number of aryl methyl sites for hydroxylation is 1. The number of nitrogens with zero attached hydrogens (tertiary/aromatic N) is 1. The fraction of sp³-hybridized carbons (Fsp3) is 0.556. The van der Waals surface area contributed by atoms with Gasteiger partial charge in [0.15, 0.2) is 6.61 Å². The van der Waals surface area contributed by atoms with E-state index in [9.17, 15) is 18.0 Å². The molecule has 1 aliphatic rings. The van der Waals surface area contributed by atoms with Gasteiger partial charge in [-0.05, 0) is 37.0 Å². The number of esters is 1. The molecule has 0 heterocycles. The maximum Gasteiger partial charge on any atom is 0.309 e. The number of hydrogen-bond acceptors (Lipinski definition) is 5. The largest absolute Gasteiger partial charge is 0.455 e. The van der Waals surface area contributed by atoms with E-state index in [1.807, 2.05) is 6.92 Å². The number of nitrogens with one attached hydrogen (secondary N) is 1. The lowest BCUT2D eigenvalue weighted by Crippen LogP contribution is -2.30. The number of benzene rings is 1. The Hall–Kier alpha value is -1.93. The first-order valence-electron chi connectivity index (χ1n) is 8.78. The predicted octanol–water partition coefficient (Wildman–Crippen LogP) is 2.16. The summed E-state index contributed by atoms with van der Waals surface area (Å²) >= 11 is 0. The zero-order valence-corrected chi connectivity index (χ0v) is 16.4. The Morgan fingerprint density at radius 1 is 1.27 bits per heavy atom. The second-order valence-electron chi connectivity index (χ2n) is 6.54. The summed E-state index contributed by atoms with van der Waals surface area (Å²) in [7, 11) is -3.61. The molecule has 0 aromatic heterocycles. The Bertz CT molecular complexity index is 787. The van der Waals surface area contributed by atoms with Crippen molar-refractivity contribution in [3.05, 3.63) is 23.8 Å². The highest BCUT2D eigenvalue weighted by atomic mass is 32.2. The molecule has 1 amide bonds. The fourth-order valence-corrected chi connectivity index (χ4v) is 4.17. The number of sulfonamides is 1. The molecule has 0 unspecified atom stereocenters. The highest BCUT2D eigenvalue weighted by molar-refractivity contribution is 7.89. The number of amides is 1. The summed E-state index contributed by atoms with van der Waals surface area (Å²) in [5.74, 6) is -0.642. The SMILES string of the molecule is CCN(CC)S(=O)(=O)c1ccc(C)c(NC(=O)COC(=O)[C@H]2C[C@@H]2C)c1. The minimum atomic E-state index is -3.61. The Morgan fingerprint density at radius 2 is 1.88 bits per heavy atom. The number of ether oxygens (including phenoxy) is 1. The molecule has 1 N–H and O–H groups in total. The molecule has 0 aliphatic heterocycles. The number of hydrogen-bond donors (Lipinski definition) is 1. The quantitative estimate of drug-likeness (QED) is 0.696. The minimum Gasteiger partial charge on any atom is -0.455 e. The Balaban J connectivity index is 2.07. The van der Waals surface area contributed by atoms with Crippen molar-refractivity contribution in [2.24, 2.45) is 11.8 Å². The van der Waals surface area contributed by atoms with E-state index in [0.717, 1.165) is 12.0 Å². The van der Waals surface area contributed by atoms with Gasteiger partial charge >= 0.3 is 5.97 Å². The van der Waals surface area contributed by atoms with Crippen LogP contribution in [0.3, 0.4) is 0 Å². The minimum absolute atomic E-state index is 0.105. The van der Waals surface area contributed by atoms with Crippen LogP contribution >= 0.6 is 0 Å². The molecule has 1 aromatic carbocycles. The van der Waals surface area contributed by atoms with Crippen LogP contribution in [0.1, 0.15) is 32.8 Å². The molecule has 26 heavy (non-hydrogen) atoms. The van der Waals surface area contributed by atoms with Crippen LogP contribution in [0.25, 0.3) is 0 Å². The van der Waals surface area contributed by atoms with Crippen molar-refractivity contribution < 1.29 is 22.7 Å². The summed E-state index contributed by atoms with van der Waals surface area (Å²) in [5, 5.41) is 2.62. The van der Waals surface area contributed by atoms with Crippen molar-refractivity contribution in [1.82, 2.24) is 4.31 Å². The first kappa shape index (κ1) is 20.4. The maximum absolute atomic E-state index is 12.6. The molecule has 2 atom stereocenters. The van der Waals surface area contributed by atoms with Crippen LogP contribution in [0.5, 0.6) is 0 Å². The number of anilines is 1. The van der Waals surface area contributed by atoms with Gasteiger partial charge in [-0.2, -0.15) is 4.31 Å².